The molecule has 0 aromatic carbocycles. The van der Waals surface area contributed by atoms with Crippen molar-refractivity contribution in [2.24, 2.45) is 0 Å². The number of hydrogen-bond donors (Lipinski definition) is 0. The molecule has 0 spiro atoms. The largest absolute Gasteiger partial charge is 4.00 e. The average molecular weight is 166 g/mol. The summed E-state index contributed by atoms with van der Waals surface area (Å²) < 4.78 is 0. The molecule has 0 aromatic rings. The Hall–Kier alpha value is 0.484. The Kier molecular flexibility index (Phi) is 3.71. The molecule has 1 aliphatic carbocycles. The molecule has 8 heavy (non-hydrogen) atoms. The smallest absolute Gasteiger partial charge is 1.00 e. The van der Waals surface area contributed by atoms with Gasteiger partial charge < -0.3 is 5.71 Å². The van der Waals surface area contributed by atoms with Crippen molar-refractivity contribution < 1.29 is 27.4 Å². The van der Waals surface area contributed by atoms with Crippen LogP contribution in [0.25, 0.3) is 0 Å². The maximum Gasteiger partial charge on any atom is 4.00 e. The molecular formula is C6H11ClTi. The fourth-order valence-electron chi connectivity index (χ4n) is 0.591. The zero-order chi connectivity index (χ0) is 5.28. The Labute approximate surface area is 75.4 Å². The van der Waals surface area contributed by atoms with Gasteiger partial charge in [-0.25, -0.2) is 0 Å². The van der Waals surface area contributed by atoms with Gasteiger partial charge in [0.15, 0.2) is 0 Å². The molecular weight excluding hydrogens is 155 g/mol. The number of allylic oxidation sites excluding steroid dienone is 4. The molecule has 0 aromatic heterocycles. The zero-order valence-corrected chi connectivity index (χ0v) is 7.06. The average Bonchev–Trinajstić information content (AvgIpc) is 1.91. The first-order valence-corrected chi connectivity index (χ1v) is 2.70. The van der Waals surface area contributed by atoms with E-state index in [0.29, 0.717) is 0 Å². The summed E-state index contributed by atoms with van der Waals surface area (Å²) in [6.45, 7) is 2.02. The summed E-state index contributed by atoms with van der Waals surface area (Å²) in [6.07, 6.45) is 5.05. The maximum absolute atomic E-state index is 5.68. The summed E-state index contributed by atoms with van der Waals surface area (Å²) >= 11 is 5.68. The molecule has 0 fully saturated rings. The van der Waals surface area contributed by atoms with Crippen LogP contribution >= 0.6 is 11.6 Å². The molecule has 0 bridgehead atoms. The minimum atomic E-state index is 0. The molecule has 0 aliphatic heterocycles. The number of halogens is 1. The summed E-state index contributed by atoms with van der Waals surface area (Å²) in [7, 11) is 0. The van der Waals surface area contributed by atoms with Crippen LogP contribution < -0.4 is 0 Å². The van der Waals surface area contributed by atoms with Crippen LogP contribution in [0, 0.1) is 0 Å². The molecule has 0 nitrogen and oxygen atoms in total. The van der Waals surface area contributed by atoms with Crippen LogP contribution in [0.15, 0.2) is 22.8 Å². The third-order valence-electron chi connectivity index (χ3n) is 1.09. The van der Waals surface area contributed by atoms with E-state index in [0.717, 1.165) is 11.5 Å². The van der Waals surface area contributed by atoms with Crippen LogP contribution in [0.3, 0.4) is 0 Å². The van der Waals surface area contributed by atoms with Gasteiger partial charge in [-0.05, 0) is 12.5 Å². The molecule has 0 amide bonds. The van der Waals surface area contributed by atoms with Crippen molar-refractivity contribution in [3.8, 4) is 0 Å². The van der Waals surface area contributed by atoms with Gasteiger partial charge in [0.2, 0.25) is 0 Å². The van der Waals surface area contributed by atoms with E-state index in [2.05, 4.69) is 6.08 Å². The summed E-state index contributed by atoms with van der Waals surface area (Å²) in [5, 5.41) is 0.986. The van der Waals surface area contributed by atoms with Crippen molar-refractivity contribution in [2.75, 3.05) is 0 Å². The molecule has 0 saturated carbocycles. The van der Waals surface area contributed by atoms with Crippen molar-refractivity contribution in [3.63, 3.8) is 0 Å². The molecule has 46 valence electrons. The van der Waals surface area contributed by atoms with Gasteiger partial charge in [0.25, 0.3) is 0 Å². The molecule has 1 aliphatic rings. The molecule has 0 atom stereocenters. The molecule has 0 saturated heterocycles. The van der Waals surface area contributed by atoms with Crippen molar-refractivity contribution in [1.82, 2.24) is 0 Å². The standard InChI is InChI=1S/C6H7Cl.Ti.4H/c1-5-3-2-4-6(5)7;;;;;/h2-3H,4H2,1H3;;;;;/q;+4;4*-1. The van der Waals surface area contributed by atoms with E-state index < -0.39 is 0 Å². The third kappa shape index (κ3) is 1.77. The van der Waals surface area contributed by atoms with Crippen LogP contribution in [0.5, 0.6) is 0 Å². The zero-order valence-electron chi connectivity index (χ0n) is 8.74. The van der Waals surface area contributed by atoms with Crippen molar-refractivity contribution >= 4 is 11.6 Å². The molecule has 0 radical (unpaired) electrons. The Morgan fingerprint density at radius 3 is 2.50 bits per heavy atom. The molecule has 1 rings (SSSR count). The van der Waals surface area contributed by atoms with Gasteiger partial charge in [-0.2, -0.15) is 0 Å². The topological polar surface area (TPSA) is 0 Å². The maximum atomic E-state index is 5.68. The van der Waals surface area contributed by atoms with Crippen LogP contribution in [-0.4, -0.2) is 0 Å². The van der Waals surface area contributed by atoms with Crippen molar-refractivity contribution in [2.45, 2.75) is 13.3 Å². The van der Waals surface area contributed by atoms with Crippen LogP contribution in [0.1, 0.15) is 19.1 Å². The minimum absolute atomic E-state index is 0. The first-order valence-electron chi connectivity index (χ1n) is 2.32. The fourth-order valence-corrected chi connectivity index (χ4v) is 0.743. The van der Waals surface area contributed by atoms with E-state index >= 15 is 0 Å². The first kappa shape index (κ1) is 8.48. The van der Waals surface area contributed by atoms with E-state index in [-0.39, 0.29) is 27.4 Å². The summed E-state index contributed by atoms with van der Waals surface area (Å²) in [6, 6.07) is 0. The van der Waals surface area contributed by atoms with Crippen LogP contribution in [0.2, 0.25) is 0 Å². The molecule has 2 heteroatoms. The third-order valence-corrected chi connectivity index (χ3v) is 1.55. The van der Waals surface area contributed by atoms with Gasteiger partial charge in [-0.3, -0.25) is 0 Å². The second-order valence-electron chi connectivity index (χ2n) is 1.69. The molecule has 0 unspecified atom stereocenters. The summed E-state index contributed by atoms with van der Waals surface area (Å²) in [5.41, 5.74) is 1.21. The van der Waals surface area contributed by atoms with Crippen LogP contribution in [0.4, 0.5) is 0 Å². The van der Waals surface area contributed by atoms with Gasteiger partial charge >= 0.3 is 21.7 Å². The van der Waals surface area contributed by atoms with E-state index in [1.54, 1.807) is 0 Å². The van der Waals surface area contributed by atoms with Gasteiger partial charge in [0, 0.05) is 11.5 Å². The minimum Gasteiger partial charge on any atom is -1.00 e. The summed E-state index contributed by atoms with van der Waals surface area (Å²) in [5.74, 6) is 0. The van der Waals surface area contributed by atoms with E-state index in [1.807, 2.05) is 13.0 Å². The van der Waals surface area contributed by atoms with E-state index in [9.17, 15) is 0 Å². The number of hydrogen-bond acceptors (Lipinski definition) is 0. The van der Waals surface area contributed by atoms with Gasteiger partial charge in [0.1, 0.15) is 0 Å². The Bertz CT molecular complexity index is 146. The van der Waals surface area contributed by atoms with Gasteiger partial charge in [0.05, 0.1) is 0 Å². The number of rotatable bonds is 0. The van der Waals surface area contributed by atoms with E-state index in [4.69, 9.17) is 11.6 Å². The molecule has 0 heterocycles. The van der Waals surface area contributed by atoms with Crippen molar-refractivity contribution in [3.05, 3.63) is 22.8 Å². The monoisotopic (exact) mass is 166 g/mol. The SMILES string of the molecule is CC1=C(Cl)CC=C1.[H-].[H-].[H-].[H-].[Ti+4]. The Morgan fingerprint density at radius 2 is 2.38 bits per heavy atom. The van der Waals surface area contributed by atoms with Crippen LogP contribution in [-0.2, 0) is 21.7 Å². The van der Waals surface area contributed by atoms with Gasteiger partial charge in [-0.1, -0.05) is 23.8 Å². The summed E-state index contributed by atoms with van der Waals surface area (Å²) in [4.78, 5) is 0. The van der Waals surface area contributed by atoms with E-state index in [1.165, 1.54) is 5.57 Å². The predicted molar refractivity (Wildman–Crippen MR) is 36.8 cm³/mol. The quantitative estimate of drug-likeness (QED) is 0.486. The molecule has 0 N–H and O–H groups in total. The van der Waals surface area contributed by atoms with Gasteiger partial charge in [-0.15, -0.1) is 0 Å². The Balaban J connectivity index is -0.0000000327. The second kappa shape index (κ2) is 3.50. The Morgan fingerprint density at radius 1 is 1.75 bits per heavy atom. The predicted octanol–water partition coefficient (Wildman–Crippen LogP) is 2.91. The fraction of sp³-hybridized carbons (Fsp3) is 0.333. The first-order chi connectivity index (χ1) is 3.30. The second-order valence-corrected chi connectivity index (χ2v) is 2.15. The normalized spacial score (nSPS) is 16.8. The van der Waals surface area contributed by atoms with Crippen molar-refractivity contribution in [1.29, 1.82) is 0 Å².